The quantitative estimate of drug-likeness (QED) is 0.597. The van der Waals surface area contributed by atoms with Crippen LogP contribution in [0.3, 0.4) is 0 Å². The lowest BCUT2D eigenvalue weighted by molar-refractivity contribution is -0.109. The lowest BCUT2D eigenvalue weighted by Crippen LogP contribution is -2.47. The van der Waals surface area contributed by atoms with Crippen LogP contribution in [0, 0.1) is 0 Å². The van der Waals surface area contributed by atoms with Gasteiger partial charge in [-0.3, -0.25) is 9.78 Å². The second kappa shape index (κ2) is 9.84. The van der Waals surface area contributed by atoms with Gasteiger partial charge in [-0.05, 0) is 36.2 Å². The molecular formula is C24H25N5O2. The van der Waals surface area contributed by atoms with E-state index in [1.807, 2.05) is 42.5 Å². The number of carbonyl (C=O) groups is 2. The number of benzene rings is 1. The summed E-state index contributed by atoms with van der Waals surface area (Å²) < 4.78 is 0. The fourth-order valence-corrected chi connectivity index (χ4v) is 3.80. The van der Waals surface area contributed by atoms with Gasteiger partial charge in [-0.15, -0.1) is 0 Å². The molecule has 1 amide bonds. The molecule has 7 nitrogen and oxygen atoms in total. The minimum atomic E-state index is -0.591. The van der Waals surface area contributed by atoms with Crippen LogP contribution in [0.4, 0.5) is 11.5 Å². The average molecular weight is 415 g/mol. The molecule has 2 aromatic heterocycles. The highest BCUT2D eigenvalue weighted by Gasteiger charge is 2.24. The summed E-state index contributed by atoms with van der Waals surface area (Å²) in [4.78, 5) is 37.6. The van der Waals surface area contributed by atoms with Crippen molar-refractivity contribution < 1.29 is 9.59 Å². The Morgan fingerprint density at radius 3 is 2.35 bits per heavy atom. The molecule has 0 saturated carbocycles. The monoisotopic (exact) mass is 415 g/mol. The molecule has 0 bridgehead atoms. The third-order valence-corrected chi connectivity index (χ3v) is 5.42. The maximum Gasteiger partial charge on any atom is 0.255 e. The van der Waals surface area contributed by atoms with Crippen molar-refractivity contribution in [2.45, 2.75) is 12.5 Å². The SMILES string of the molecule is O=CC(Cc1ccccc1)NC(=O)c1cccnc1N1CCN(c2ccncc2)CC1. The molecule has 3 aromatic rings. The fraction of sp³-hybridized carbons (Fsp3) is 0.250. The minimum absolute atomic E-state index is 0.285. The Balaban J connectivity index is 1.43. The second-order valence-corrected chi connectivity index (χ2v) is 7.46. The largest absolute Gasteiger partial charge is 0.368 e. The summed E-state index contributed by atoms with van der Waals surface area (Å²) >= 11 is 0. The summed E-state index contributed by atoms with van der Waals surface area (Å²) in [5.41, 5.74) is 2.63. The van der Waals surface area contributed by atoms with Gasteiger partial charge >= 0.3 is 0 Å². The highest BCUT2D eigenvalue weighted by molar-refractivity contribution is 6.00. The number of hydrogen-bond donors (Lipinski definition) is 1. The number of aldehydes is 1. The highest BCUT2D eigenvalue weighted by atomic mass is 16.2. The molecule has 158 valence electrons. The number of carbonyl (C=O) groups excluding carboxylic acids is 2. The zero-order valence-electron chi connectivity index (χ0n) is 17.2. The Morgan fingerprint density at radius 1 is 0.935 bits per heavy atom. The van der Waals surface area contributed by atoms with Crippen molar-refractivity contribution in [1.29, 1.82) is 0 Å². The predicted octanol–water partition coefficient (Wildman–Crippen LogP) is 2.34. The molecule has 1 fully saturated rings. The standard InChI is InChI=1S/C24H25N5O2/c30-18-20(17-19-5-2-1-3-6-19)27-24(31)22-7-4-10-26-23(22)29-15-13-28(14-16-29)21-8-11-25-12-9-21/h1-12,18,20H,13-17H2,(H,27,31). The van der Waals surface area contributed by atoms with Crippen LogP contribution in [0.25, 0.3) is 0 Å². The van der Waals surface area contributed by atoms with E-state index in [1.165, 1.54) is 0 Å². The summed E-state index contributed by atoms with van der Waals surface area (Å²) in [7, 11) is 0. The molecule has 1 aliphatic rings. The van der Waals surface area contributed by atoms with Crippen molar-refractivity contribution in [3.63, 3.8) is 0 Å². The topological polar surface area (TPSA) is 78.4 Å². The van der Waals surface area contributed by atoms with E-state index in [2.05, 4.69) is 25.1 Å². The average Bonchev–Trinajstić information content (AvgIpc) is 2.85. The van der Waals surface area contributed by atoms with Gasteiger partial charge in [0.15, 0.2) is 0 Å². The zero-order chi connectivity index (χ0) is 21.5. The molecule has 1 N–H and O–H groups in total. The molecular weight excluding hydrogens is 390 g/mol. The van der Waals surface area contributed by atoms with Crippen LogP contribution in [-0.2, 0) is 11.2 Å². The van der Waals surface area contributed by atoms with Crippen LogP contribution in [0.2, 0.25) is 0 Å². The van der Waals surface area contributed by atoms with Gasteiger partial charge in [0.2, 0.25) is 0 Å². The molecule has 31 heavy (non-hydrogen) atoms. The van der Waals surface area contributed by atoms with Gasteiger partial charge in [-0.25, -0.2) is 4.98 Å². The first-order valence-electron chi connectivity index (χ1n) is 10.4. The third kappa shape index (κ3) is 5.06. The molecule has 0 radical (unpaired) electrons. The highest BCUT2D eigenvalue weighted by Crippen LogP contribution is 2.21. The normalized spacial score (nSPS) is 14.7. The summed E-state index contributed by atoms with van der Waals surface area (Å²) in [5, 5.41) is 2.85. The Bertz CT molecular complexity index is 1000. The number of nitrogens with one attached hydrogen (secondary N) is 1. The smallest absolute Gasteiger partial charge is 0.255 e. The maximum atomic E-state index is 13.0. The molecule has 1 saturated heterocycles. The summed E-state index contributed by atoms with van der Waals surface area (Å²) in [5.74, 6) is 0.367. The Hall–Kier alpha value is -3.74. The number of nitrogens with zero attached hydrogens (tertiary/aromatic N) is 4. The van der Waals surface area contributed by atoms with Crippen LogP contribution < -0.4 is 15.1 Å². The van der Waals surface area contributed by atoms with E-state index in [0.29, 0.717) is 17.8 Å². The molecule has 4 rings (SSSR count). The van der Waals surface area contributed by atoms with Crippen molar-refractivity contribution in [3.8, 4) is 0 Å². The van der Waals surface area contributed by atoms with Gasteiger partial charge in [0.25, 0.3) is 5.91 Å². The molecule has 1 aromatic carbocycles. The van der Waals surface area contributed by atoms with E-state index in [4.69, 9.17) is 0 Å². The van der Waals surface area contributed by atoms with E-state index in [1.54, 1.807) is 30.7 Å². The summed E-state index contributed by atoms with van der Waals surface area (Å²) in [6.07, 6.45) is 6.52. The van der Waals surface area contributed by atoms with Gasteiger partial charge in [-0.1, -0.05) is 30.3 Å². The maximum absolute atomic E-state index is 13.0. The van der Waals surface area contributed by atoms with E-state index < -0.39 is 6.04 Å². The number of aromatic nitrogens is 2. The molecule has 0 aliphatic carbocycles. The lowest BCUT2D eigenvalue weighted by Gasteiger charge is -2.37. The molecule has 1 aliphatic heterocycles. The summed E-state index contributed by atoms with van der Waals surface area (Å²) in [6, 6.07) is 16.6. The van der Waals surface area contributed by atoms with Crippen LogP contribution in [-0.4, -0.2) is 54.4 Å². The number of piperazine rings is 1. The predicted molar refractivity (Wildman–Crippen MR) is 120 cm³/mol. The van der Waals surface area contributed by atoms with Gasteiger partial charge in [0.1, 0.15) is 12.1 Å². The number of anilines is 2. The molecule has 7 heteroatoms. The van der Waals surface area contributed by atoms with Crippen molar-refractivity contribution in [2.24, 2.45) is 0 Å². The zero-order valence-corrected chi connectivity index (χ0v) is 17.2. The molecule has 1 atom stereocenters. The molecule has 3 heterocycles. The van der Waals surface area contributed by atoms with Crippen molar-refractivity contribution in [3.05, 3.63) is 84.3 Å². The number of pyridine rings is 2. The van der Waals surface area contributed by atoms with Crippen LogP contribution in [0.15, 0.2) is 73.2 Å². The van der Waals surface area contributed by atoms with E-state index in [-0.39, 0.29) is 5.91 Å². The van der Waals surface area contributed by atoms with Crippen LogP contribution in [0.5, 0.6) is 0 Å². The summed E-state index contributed by atoms with van der Waals surface area (Å²) in [6.45, 7) is 3.15. The third-order valence-electron chi connectivity index (χ3n) is 5.42. The Kier molecular flexibility index (Phi) is 6.52. The van der Waals surface area contributed by atoms with Crippen molar-refractivity contribution >= 4 is 23.7 Å². The number of hydrogen-bond acceptors (Lipinski definition) is 6. The molecule has 0 spiro atoms. The Morgan fingerprint density at radius 2 is 1.65 bits per heavy atom. The van der Waals surface area contributed by atoms with Gasteiger partial charge < -0.3 is 19.9 Å². The minimum Gasteiger partial charge on any atom is -0.368 e. The number of rotatable bonds is 7. The first kappa shape index (κ1) is 20.5. The second-order valence-electron chi connectivity index (χ2n) is 7.46. The van der Waals surface area contributed by atoms with Gasteiger partial charge in [0, 0.05) is 50.5 Å². The molecule has 1 unspecified atom stereocenters. The van der Waals surface area contributed by atoms with E-state index >= 15 is 0 Å². The Labute approximate surface area is 181 Å². The first-order chi connectivity index (χ1) is 15.2. The number of amides is 1. The lowest BCUT2D eigenvalue weighted by atomic mass is 10.1. The van der Waals surface area contributed by atoms with Crippen LogP contribution in [0.1, 0.15) is 15.9 Å². The van der Waals surface area contributed by atoms with Crippen molar-refractivity contribution in [1.82, 2.24) is 15.3 Å². The first-order valence-corrected chi connectivity index (χ1v) is 10.4. The fourth-order valence-electron chi connectivity index (χ4n) is 3.80. The van der Waals surface area contributed by atoms with E-state index in [9.17, 15) is 9.59 Å². The van der Waals surface area contributed by atoms with Crippen LogP contribution >= 0.6 is 0 Å². The van der Waals surface area contributed by atoms with Gasteiger partial charge in [0.05, 0.1) is 11.6 Å². The van der Waals surface area contributed by atoms with Crippen molar-refractivity contribution in [2.75, 3.05) is 36.0 Å². The van der Waals surface area contributed by atoms with Gasteiger partial charge in [-0.2, -0.15) is 0 Å². The van der Waals surface area contributed by atoms with E-state index in [0.717, 1.165) is 43.7 Å².